The third-order valence-electron chi connectivity index (χ3n) is 2.94. The summed E-state index contributed by atoms with van der Waals surface area (Å²) >= 11 is 0. The molecule has 0 amide bonds. The highest BCUT2D eigenvalue weighted by Crippen LogP contribution is 2.07. The third-order valence-corrected chi connectivity index (χ3v) is 2.94. The lowest BCUT2D eigenvalue weighted by molar-refractivity contribution is -0.144. The number of carbonyl (C=O) groups excluding carboxylic acids is 1. The Hall–Kier alpha value is -1.29. The van der Waals surface area contributed by atoms with Crippen molar-refractivity contribution in [2.24, 2.45) is 5.92 Å². The van der Waals surface area contributed by atoms with E-state index in [2.05, 4.69) is 35.3 Å². The zero-order valence-electron chi connectivity index (χ0n) is 11.8. The molecule has 0 aromatic carbocycles. The van der Waals surface area contributed by atoms with Gasteiger partial charge in [0.1, 0.15) is 6.04 Å². The molecule has 102 valence electrons. The number of ether oxygens (including phenoxy) is 1. The maximum absolute atomic E-state index is 11.6. The maximum atomic E-state index is 11.6. The van der Waals surface area contributed by atoms with Crippen LogP contribution in [-0.4, -0.2) is 23.7 Å². The molecule has 0 unspecified atom stereocenters. The van der Waals surface area contributed by atoms with E-state index in [1.165, 1.54) is 12.7 Å². The van der Waals surface area contributed by atoms with Gasteiger partial charge in [-0.3, -0.25) is 4.79 Å². The first-order valence-corrected chi connectivity index (χ1v) is 6.54. The number of nitrogens with zero attached hydrogens (tertiary/aromatic N) is 1. The second-order valence-electron chi connectivity index (χ2n) is 4.88. The molecule has 1 heterocycles. The van der Waals surface area contributed by atoms with Crippen molar-refractivity contribution >= 4 is 5.97 Å². The highest BCUT2D eigenvalue weighted by Gasteiger charge is 2.22. The number of aromatic nitrogens is 1. The van der Waals surface area contributed by atoms with Crippen LogP contribution in [0.2, 0.25) is 0 Å². The van der Waals surface area contributed by atoms with Crippen molar-refractivity contribution in [2.45, 2.75) is 46.3 Å². The molecular formula is C14H24N2O2. The summed E-state index contributed by atoms with van der Waals surface area (Å²) in [5.41, 5.74) is 1.19. The van der Waals surface area contributed by atoms with Crippen LogP contribution in [0.5, 0.6) is 0 Å². The van der Waals surface area contributed by atoms with Crippen molar-refractivity contribution < 1.29 is 9.53 Å². The number of nitrogens with one attached hydrogen (secondary N) is 1. The number of carbonyl (C=O) groups is 1. The first-order valence-electron chi connectivity index (χ1n) is 6.54. The molecule has 1 atom stereocenters. The first-order chi connectivity index (χ1) is 8.58. The number of esters is 1. The van der Waals surface area contributed by atoms with Gasteiger partial charge in [-0.05, 0) is 24.0 Å². The topological polar surface area (TPSA) is 43.3 Å². The lowest BCUT2D eigenvalue weighted by atomic mass is 10.0. The molecule has 0 spiro atoms. The van der Waals surface area contributed by atoms with Crippen molar-refractivity contribution in [3.05, 3.63) is 24.0 Å². The van der Waals surface area contributed by atoms with Gasteiger partial charge in [0.25, 0.3) is 0 Å². The van der Waals surface area contributed by atoms with E-state index in [0.717, 1.165) is 13.0 Å². The molecule has 0 aliphatic carbocycles. The van der Waals surface area contributed by atoms with Gasteiger partial charge in [0.2, 0.25) is 0 Å². The van der Waals surface area contributed by atoms with Crippen molar-refractivity contribution in [1.82, 2.24) is 9.88 Å². The van der Waals surface area contributed by atoms with Crippen LogP contribution in [0, 0.1) is 5.92 Å². The SMILES string of the molecule is CCCn1ccc(CN[C@H](C(=O)OC)C(C)C)c1. The summed E-state index contributed by atoms with van der Waals surface area (Å²) in [6, 6.07) is 1.83. The van der Waals surface area contributed by atoms with Crippen molar-refractivity contribution in [3.8, 4) is 0 Å². The van der Waals surface area contributed by atoms with Gasteiger partial charge in [-0.1, -0.05) is 20.8 Å². The van der Waals surface area contributed by atoms with E-state index in [4.69, 9.17) is 4.74 Å². The lowest BCUT2D eigenvalue weighted by Gasteiger charge is -2.19. The second kappa shape index (κ2) is 7.21. The standard InChI is InChI=1S/C14H24N2O2/c1-5-7-16-8-6-12(10-16)9-15-13(11(2)3)14(17)18-4/h6,8,10-11,13,15H,5,7,9H2,1-4H3/t13-/m0/s1. The smallest absolute Gasteiger partial charge is 0.323 e. The fourth-order valence-electron chi connectivity index (χ4n) is 1.94. The average molecular weight is 252 g/mol. The first kappa shape index (κ1) is 14.8. The van der Waals surface area contributed by atoms with E-state index >= 15 is 0 Å². The Kier molecular flexibility index (Phi) is 5.92. The Morgan fingerprint density at radius 2 is 2.22 bits per heavy atom. The number of hydrogen-bond acceptors (Lipinski definition) is 3. The van der Waals surface area contributed by atoms with Gasteiger partial charge in [0, 0.05) is 25.5 Å². The Labute approximate surface area is 109 Å². The average Bonchev–Trinajstić information content (AvgIpc) is 2.77. The van der Waals surface area contributed by atoms with Gasteiger partial charge in [-0.15, -0.1) is 0 Å². The van der Waals surface area contributed by atoms with Gasteiger partial charge in [-0.25, -0.2) is 0 Å². The zero-order chi connectivity index (χ0) is 13.5. The number of methoxy groups -OCH3 is 1. The zero-order valence-corrected chi connectivity index (χ0v) is 11.8. The number of rotatable bonds is 7. The van der Waals surface area contributed by atoms with Crippen LogP contribution in [0.15, 0.2) is 18.5 Å². The Balaban J connectivity index is 2.53. The molecular weight excluding hydrogens is 228 g/mol. The van der Waals surface area contributed by atoms with E-state index in [-0.39, 0.29) is 17.9 Å². The molecule has 0 aliphatic heterocycles. The van der Waals surface area contributed by atoms with Gasteiger partial charge < -0.3 is 14.6 Å². The number of hydrogen-bond donors (Lipinski definition) is 1. The van der Waals surface area contributed by atoms with Gasteiger partial charge in [0.15, 0.2) is 0 Å². The Morgan fingerprint density at radius 3 is 2.78 bits per heavy atom. The molecule has 0 saturated carbocycles. The highest BCUT2D eigenvalue weighted by molar-refractivity contribution is 5.75. The largest absolute Gasteiger partial charge is 0.468 e. The predicted molar refractivity (Wildman–Crippen MR) is 72.2 cm³/mol. The Bertz CT molecular complexity index is 372. The molecule has 0 aliphatic rings. The van der Waals surface area contributed by atoms with E-state index < -0.39 is 0 Å². The fraction of sp³-hybridized carbons (Fsp3) is 0.643. The quantitative estimate of drug-likeness (QED) is 0.756. The van der Waals surface area contributed by atoms with E-state index in [1.54, 1.807) is 0 Å². The number of aryl methyl sites for hydroxylation is 1. The monoisotopic (exact) mass is 252 g/mol. The normalized spacial score (nSPS) is 12.7. The lowest BCUT2D eigenvalue weighted by Crippen LogP contribution is -2.41. The summed E-state index contributed by atoms with van der Waals surface area (Å²) in [4.78, 5) is 11.6. The molecule has 1 aromatic heterocycles. The van der Waals surface area contributed by atoms with Gasteiger partial charge in [-0.2, -0.15) is 0 Å². The predicted octanol–water partition coefficient (Wildman–Crippen LogP) is 2.19. The van der Waals surface area contributed by atoms with Crippen LogP contribution in [0.25, 0.3) is 0 Å². The van der Waals surface area contributed by atoms with Crippen LogP contribution in [0.1, 0.15) is 32.8 Å². The van der Waals surface area contributed by atoms with Crippen LogP contribution in [-0.2, 0) is 22.6 Å². The highest BCUT2D eigenvalue weighted by atomic mass is 16.5. The second-order valence-corrected chi connectivity index (χ2v) is 4.88. The van der Waals surface area contributed by atoms with Crippen molar-refractivity contribution in [2.75, 3.05) is 7.11 Å². The van der Waals surface area contributed by atoms with E-state index in [0.29, 0.717) is 6.54 Å². The Morgan fingerprint density at radius 1 is 1.50 bits per heavy atom. The minimum absolute atomic E-state index is 0.196. The minimum Gasteiger partial charge on any atom is -0.468 e. The summed E-state index contributed by atoms with van der Waals surface area (Å²) in [6.07, 6.45) is 5.31. The molecule has 18 heavy (non-hydrogen) atoms. The van der Waals surface area contributed by atoms with E-state index in [9.17, 15) is 4.79 Å². The van der Waals surface area contributed by atoms with Crippen molar-refractivity contribution in [1.29, 1.82) is 0 Å². The summed E-state index contributed by atoms with van der Waals surface area (Å²) in [5, 5.41) is 3.25. The van der Waals surface area contributed by atoms with Crippen LogP contribution >= 0.6 is 0 Å². The van der Waals surface area contributed by atoms with Gasteiger partial charge >= 0.3 is 5.97 Å². The van der Waals surface area contributed by atoms with Crippen molar-refractivity contribution in [3.63, 3.8) is 0 Å². The van der Waals surface area contributed by atoms with Gasteiger partial charge in [0.05, 0.1) is 7.11 Å². The van der Waals surface area contributed by atoms with Crippen LogP contribution in [0.3, 0.4) is 0 Å². The molecule has 4 heteroatoms. The minimum atomic E-state index is -0.246. The maximum Gasteiger partial charge on any atom is 0.323 e. The third kappa shape index (κ3) is 4.18. The molecule has 0 radical (unpaired) electrons. The van der Waals surface area contributed by atoms with Crippen LogP contribution < -0.4 is 5.32 Å². The molecule has 0 saturated heterocycles. The molecule has 1 rings (SSSR count). The fourth-order valence-corrected chi connectivity index (χ4v) is 1.94. The summed E-state index contributed by atoms with van der Waals surface area (Å²) in [7, 11) is 1.43. The van der Waals surface area contributed by atoms with Crippen LogP contribution in [0.4, 0.5) is 0 Å². The summed E-state index contributed by atoms with van der Waals surface area (Å²) in [6.45, 7) is 7.90. The molecule has 0 fully saturated rings. The summed E-state index contributed by atoms with van der Waals surface area (Å²) < 4.78 is 6.97. The molecule has 0 bridgehead atoms. The molecule has 4 nitrogen and oxygen atoms in total. The molecule has 1 aromatic rings. The molecule has 1 N–H and O–H groups in total. The van der Waals surface area contributed by atoms with E-state index in [1.807, 2.05) is 13.8 Å². The summed E-state index contributed by atoms with van der Waals surface area (Å²) in [5.74, 6) is 0.0215.